The van der Waals surface area contributed by atoms with Crippen LogP contribution in [0.4, 0.5) is 0 Å². The van der Waals surface area contributed by atoms with E-state index in [1.54, 1.807) is 25.1 Å². The van der Waals surface area contributed by atoms with Gasteiger partial charge in [0.15, 0.2) is 5.75 Å². The monoisotopic (exact) mass is 290 g/mol. The van der Waals surface area contributed by atoms with Crippen LogP contribution in [0.1, 0.15) is 24.3 Å². The third kappa shape index (κ3) is 2.21. The van der Waals surface area contributed by atoms with Gasteiger partial charge in [-0.25, -0.2) is 0 Å². The van der Waals surface area contributed by atoms with Crippen molar-refractivity contribution in [3.63, 3.8) is 0 Å². The number of methoxy groups -OCH3 is 1. The van der Waals surface area contributed by atoms with Crippen LogP contribution in [0, 0.1) is 0 Å². The van der Waals surface area contributed by atoms with Gasteiger partial charge in [-0.3, -0.25) is 4.68 Å². The Balaban J connectivity index is 1.88. The maximum Gasteiger partial charge on any atom is 0.162 e. The van der Waals surface area contributed by atoms with Gasteiger partial charge in [-0.1, -0.05) is 18.2 Å². The van der Waals surface area contributed by atoms with Crippen molar-refractivity contribution in [3.05, 3.63) is 41.7 Å². The quantitative estimate of drug-likeness (QED) is 0.940. The van der Waals surface area contributed by atoms with Crippen molar-refractivity contribution in [3.8, 4) is 5.75 Å². The molecule has 1 N–H and O–H groups in total. The van der Waals surface area contributed by atoms with Gasteiger partial charge in [-0.05, 0) is 25.0 Å². The lowest BCUT2D eigenvalue weighted by Gasteiger charge is -2.19. The number of aliphatic hydroxyl groups is 1. The zero-order valence-corrected chi connectivity index (χ0v) is 12.4. The zero-order chi connectivity index (χ0) is 14.1. The number of hydrogen-bond donors (Lipinski definition) is 1. The Hall–Kier alpha value is -1.46. The van der Waals surface area contributed by atoms with Crippen molar-refractivity contribution < 1.29 is 9.84 Å². The molecule has 1 aliphatic rings. The van der Waals surface area contributed by atoms with Crippen LogP contribution in [0.2, 0.25) is 0 Å². The van der Waals surface area contributed by atoms with E-state index in [1.807, 2.05) is 23.7 Å². The molecule has 0 bridgehead atoms. The van der Waals surface area contributed by atoms with Crippen LogP contribution in [0.15, 0.2) is 35.4 Å². The SMILES string of the molecule is CCn1ncc(OC)c1C(O)C1Cc2ccccc2S1. The number of hydrogen-bond acceptors (Lipinski definition) is 4. The molecular formula is C15H18N2O2S. The smallest absolute Gasteiger partial charge is 0.162 e. The fourth-order valence-corrected chi connectivity index (χ4v) is 3.95. The molecule has 4 nitrogen and oxygen atoms in total. The van der Waals surface area contributed by atoms with Crippen LogP contribution in [-0.4, -0.2) is 27.2 Å². The molecule has 0 fully saturated rings. The Bertz CT molecular complexity index is 565. The van der Waals surface area contributed by atoms with Crippen LogP contribution >= 0.6 is 11.8 Å². The maximum absolute atomic E-state index is 10.7. The molecule has 0 saturated carbocycles. The molecule has 0 aliphatic carbocycles. The van der Waals surface area contributed by atoms with Crippen molar-refractivity contribution in [2.75, 3.05) is 7.11 Å². The van der Waals surface area contributed by atoms with E-state index < -0.39 is 6.10 Å². The van der Waals surface area contributed by atoms with Gasteiger partial charge < -0.3 is 9.84 Å². The summed E-state index contributed by atoms with van der Waals surface area (Å²) in [7, 11) is 1.61. The lowest BCUT2D eigenvalue weighted by molar-refractivity contribution is 0.159. The first-order chi connectivity index (χ1) is 9.74. The first-order valence-electron chi connectivity index (χ1n) is 6.77. The Kier molecular flexibility index (Phi) is 3.72. The van der Waals surface area contributed by atoms with Crippen molar-refractivity contribution in [1.29, 1.82) is 0 Å². The Morgan fingerprint density at radius 2 is 2.30 bits per heavy atom. The van der Waals surface area contributed by atoms with E-state index >= 15 is 0 Å². The molecule has 1 aliphatic heterocycles. The van der Waals surface area contributed by atoms with Crippen molar-refractivity contribution >= 4 is 11.8 Å². The largest absolute Gasteiger partial charge is 0.493 e. The number of thioether (sulfide) groups is 1. The second-order valence-electron chi connectivity index (χ2n) is 4.83. The molecule has 5 heteroatoms. The Morgan fingerprint density at radius 3 is 3.00 bits per heavy atom. The lowest BCUT2D eigenvalue weighted by atomic mass is 10.0. The third-order valence-corrected chi connectivity index (χ3v) is 5.05. The summed E-state index contributed by atoms with van der Waals surface area (Å²) in [6, 6.07) is 8.33. The van der Waals surface area contributed by atoms with Gasteiger partial charge in [-0.15, -0.1) is 11.8 Å². The minimum Gasteiger partial charge on any atom is -0.493 e. The van der Waals surface area contributed by atoms with E-state index in [0.717, 1.165) is 18.7 Å². The third-order valence-electron chi connectivity index (χ3n) is 3.67. The molecule has 2 aromatic rings. The molecule has 0 spiro atoms. The molecule has 2 unspecified atom stereocenters. The number of aromatic nitrogens is 2. The molecular weight excluding hydrogens is 272 g/mol. The molecule has 0 radical (unpaired) electrons. The number of fused-ring (bicyclic) bond motifs is 1. The summed E-state index contributed by atoms with van der Waals surface area (Å²) in [6.07, 6.45) is 1.97. The second kappa shape index (κ2) is 5.50. The van der Waals surface area contributed by atoms with Crippen LogP contribution in [0.3, 0.4) is 0 Å². The highest BCUT2D eigenvalue weighted by Crippen LogP contribution is 2.44. The predicted molar refractivity (Wildman–Crippen MR) is 79.2 cm³/mol. The van der Waals surface area contributed by atoms with Crippen LogP contribution in [0.5, 0.6) is 5.75 Å². The molecule has 2 heterocycles. The topological polar surface area (TPSA) is 47.3 Å². The molecule has 1 aromatic heterocycles. The zero-order valence-electron chi connectivity index (χ0n) is 11.6. The fourth-order valence-electron chi connectivity index (χ4n) is 2.65. The van der Waals surface area contributed by atoms with Gasteiger partial charge in [0, 0.05) is 16.7 Å². The summed E-state index contributed by atoms with van der Waals surface area (Å²) >= 11 is 1.73. The molecule has 106 valence electrons. The second-order valence-corrected chi connectivity index (χ2v) is 6.11. The van der Waals surface area contributed by atoms with Gasteiger partial charge in [0.1, 0.15) is 11.8 Å². The Morgan fingerprint density at radius 1 is 1.50 bits per heavy atom. The van der Waals surface area contributed by atoms with Crippen molar-refractivity contribution in [2.45, 2.75) is 36.1 Å². The standard InChI is InChI=1S/C15H18N2O2S/c1-3-17-14(11(19-2)9-16-17)15(18)13-8-10-6-4-5-7-12(10)20-13/h4-7,9,13,15,18H,3,8H2,1-2H3. The van der Waals surface area contributed by atoms with E-state index in [9.17, 15) is 5.11 Å². The van der Waals surface area contributed by atoms with Gasteiger partial charge in [-0.2, -0.15) is 5.10 Å². The van der Waals surface area contributed by atoms with E-state index in [4.69, 9.17) is 4.74 Å². The van der Waals surface area contributed by atoms with Crippen LogP contribution < -0.4 is 4.74 Å². The number of aryl methyl sites for hydroxylation is 1. The summed E-state index contributed by atoms with van der Waals surface area (Å²) in [5, 5.41) is 15.1. The lowest BCUT2D eigenvalue weighted by Crippen LogP contribution is -2.19. The minimum atomic E-state index is -0.579. The summed E-state index contributed by atoms with van der Waals surface area (Å²) in [4.78, 5) is 1.26. The van der Waals surface area contributed by atoms with Crippen molar-refractivity contribution in [2.24, 2.45) is 0 Å². The van der Waals surface area contributed by atoms with Gasteiger partial charge in [0.25, 0.3) is 0 Å². The number of nitrogens with zero attached hydrogens (tertiary/aromatic N) is 2. The molecule has 1 aromatic carbocycles. The van der Waals surface area contributed by atoms with Gasteiger partial charge in [0.05, 0.1) is 13.3 Å². The number of rotatable bonds is 4. The predicted octanol–water partition coefficient (Wildman–Crippen LogP) is 2.66. The summed E-state index contributed by atoms with van der Waals surface area (Å²) in [5.74, 6) is 0.663. The average molecular weight is 290 g/mol. The molecule has 20 heavy (non-hydrogen) atoms. The highest BCUT2D eigenvalue weighted by molar-refractivity contribution is 8.00. The normalized spacial score (nSPS) is 18.9. The summed E-state index contributed by atoms with van der Waals surface area (Å²) in [6.45, 7) is 2.74. The summed E-state index contributed by atoms with van der Waals surface area (Å²) in [5.41, 5.74) is 2.09. The number of benzene rings is 1. The molecule has 3 rings (SSSR count). The molecule has 2 atom stereocenters. The first kappa shape index (κ1) is 13.5. The van der Waals surface area contributed by atoms with Crippen LogP contribution in [-0.2, 0) is 13.0 Å². The fraction of sp³-hybridized carbons (Fsp3) is 0.400. The van der Waals surface area contributed by atoms with E-state index in [2.05, 4.69) is 17.2 Å². The van der Waals surface area contributed by atoms with E-state index in [0.29, 0.717) is 5.75 Å². The van der Waals surface area contributed by atoms with Gasteiger partial charge in [0.2, 0.25) is 0 Å². The molecule has 0 amide bonds. The van der Waals surface area contributed by atoms with E-state index in [-0.39, 0.29) is 5.25 Å². The first-order valence-corrected chi connectivity index (χ1v) is 7.65. The van der Waals surface area contributed by atoms with E-state index in [1.165, 1.54) is 10.5 Å². The minimum absolute atomic E-state index is 0.114. The average Bonchev–Trinajstić information content (AvgIpc) is 3.09. The Labute approximate surface area is 122 Å². The van der Waals surface area contributed by atoms with Crippen LogP contribution in [0.25, 0.3) is 0 Å². The number of aliphatic hydroxyl groups excluding tert-OH is 1. The van der Waals surface area contributed by atoms with Crippen molar-refractivity contribution in [1.82, 2.24) is 9.78 Å². The number of ether oxygens (including phenoxy) is 1. The summed E-state index contributed by atoms with van der Waals surface area (Å²) < 4.78 is 7.15. The van der Waals surface area contributed by atoms with Gasteiger partial charge >= 0.3 is 0 Å². The highest BCUT2D eigenvalue weighted by atomic mass is 32.2. The highest BCUT2D eigenvalue weighted by Gasteiger charge is 2.33. The molecule has 0 saturated heterocycles. The maximum atomic E-state index is 10.7.